The zero-order valence-corrected chi connectivity index (χ0v) is 13.5. The Morgan fingerprint density at radius 3 is 2.00 bits per heavy atom. The molecule has 20 heavy (non-hydrogen) atoms. The van der Waals surface area contributed by atoms with Gasteiger partial charge in [0.25, 0.3) is 0 Å². The first-order valence-corrected chi connectivity index (χ1v) is 8.98. The number of hydrogen-bond donors (Lipinski definition) is 0. The molecule has 0 saturated heterocycles. The highest BCUT2D eigenvalue weighted by atomic mass is 16.5. The summed E-state index contributed by atoms with van der Waals surface area (Å²) in [6.45, 7) is 2.63. The summed E-state index contributed by atoms with van der Waals surface area (Å²) in [5.74, 6) is 1.08. The number of rotatable bonds is 14. The number of carbonyl (C=O) groups is 1. The van der Waals surface area contributed by atoms with Gasteiger partial charge in [-0.2, -0.15) is 0 Å². The van der Waals surface area contributed by atoms with Gasteiger partial charge in [-0.1, -0.05) is 77.6 Å². The van der Waals surface area contributed by atoms with Crippen molar-refractivity contribution in [3.63, 3.8) is 0 Å². The summed E-state index contributed by atoms with van der Waals surface area (Å²) in [5.41, 5.74) is 0. The lowest BCUT2D eigenvalue weighted by Crippen LogP contribution is -2.04. The van der Waals surface area contributed by atoms with Gasteiger partial charge in [-0.3, -0.25) is 4.79 Å². The van der Waals surface area contributed by atoms with E-state index in [4.69, 9.17) is 4.74 Å². The molecule has 2 nitrogen and oxygen atoms in total. The van der Waals surface area contributed by atoms with Crippen molar-refractivity contribution in [2.75, 3.05) is 6.61 Å². The van der Waals surface area contributed by atoms with Crippen molar-refractivity contribution in [2.24, 2.45) is 5.92 Å². The van der Waals surface area contributed by atoms with Crippen LogP contribution in [0.25, 0.3) is 0 Å². The van der Waals surface area contributed by atoms with Crippen LogP contribution in [-0.4, -0.2) is 12.6 Å². The van der Waals surface area contributed by atoms with Crippen molar-refractivity contribution < 1.29 is 9.53 Å². The summed E-state index contributed by atoms with van der Waals surface area (Å²) in [6, 6.07) is 0. The topological polar surface area (TPSA) is 26.3 Å². The van der Waals surface area contributed by atoms with Gasteiger partial charge in [-0.05, 0) is 18.8 Å². The quantitative estimate of drug-likeness (QED) is 0.304. The van der Waals surface area contributed by atoms with E-state index in [1.807, 2.05) is 6.92 Å². The van der Waals surface area contributed by atoms with Crippen LogP contribution in [0.4, 0.5) is 0 Å². The molecular weight excluding hydrogens is 248 g/mol. The molecular formula is C18H34O2. The fourth-order valence-corrected chi connectivity index (χ4v) is 2.64. The van der Waals surface area contributed by atoms with E-state index in [0.717, 1.165) is 18.8 Å². The minimum absolute atomic E-state index is 0.0290. The highest BCUT2D eigenvalue weighted by molar-refractivity contribution is 5.69. The van der Waals surface area contributed by atoms with Gasteiger partial charge in [-0.25, -0.2) is 0 Å². The van der Waals surface area contributed by atoms with E-state index in [9.17, 15) is 4.79 Å². The highest BCUT2D eigenvalue weighted by Gasteiger charge is 2.19. The first-order chi connectivity index (χ1) is 9.83. The molecule has 1 aliphatic rings. The number of carbonyl (C=O) groups excluding carboxylic acids is 1. The third kappa shape index (κ3) is 11.3. The van der Waals surface area contributed by atoms with Gasteiger partial charge in [0.15, 0.2) is 0 Å². The van der Waals surface area contributed by atoms with Crippen LogP contribution in [0.1, 0.15) is 96.8 Å². The Kier molecular flexibility index (Phi) is 10.7. The van der Waals surface area contributed by atoms with Crippen LogP contribution in [-0.2, 0) is 9.53 Å². The molecule has 1 fully saturated rings. The molecule has 0 N–H and O–H groups in total. The predicted octanol–water partition coefficient (Wildman–Crippen LogP) is 5.64. The molecule has 0 heterocycles. The predicted molar refractivity (Wildman–Crippen MR) is 84.8 cm³/mol. The lowest BCUT2D eigenvalue weighted by atomic mass is 10.1. The molecule has 118 valence electrons. The standard InChI is InChI=1S/C18H34O2/c1-2-12-18(19)20-16-11-9-7-5-3-4-6-8-10-13-17-14-15-17/h17H,2-16H2,1H3. The van der Waals surface area contributed by atoms with Crippen LogP contribution >= 0.6 is 0 Å². The molecule has 0 unspecified atom stereocenters. The minimum Gasteiger partial charge on any atom is -0.466 e. The molecule has 0 aromatic heterocycles. The van der Waals surface area contributed by atoms with Gasteiger partial charge in [0, 0.05) is 6.42 Å². The monoisotopic (exact) mass is 282 g/mol. The minimum atomic E-state index is -0.0290. The summed E-state index contributed by atoms with van der Waals surface area (Å²) >= 11 is 0. The van der Waals surface area contributed by atoms with E-state index in [1.54, 1.807) is 0 Å². The van der Waals surface area contributed by atoms with Gasteiger partial charge in [0.1, 0.15) is 0 Å². The molecule has 2 heteroatoms. The zero-order chi connectivity index (χ0) is 14.5. The third-order valence-corrected chi connectivity index (χ3v) is 4.17. The van der Waals surface area contributed by atoms with Crippen molar-refractivity contribution in [3.8, 4) is 0 Å². The Bertz CT molecular complexity index is 234. The molecule has 0 atom stereocenters. The molecule has 0 radical (unpaired) electrons. The number of ether oxygens (including phenoxy) is 1. The van der Waals surface area contributed by atoms with Crippen LogP contribution in [0.15, 0.2) is 0 Å². The third-order valence-electron chi connectivity index (χ3n) is 4.17. The van der Waals surface area contributed by atoms with Gasteiger partial charge >= 0.3 is 5.97 Å². The summed E-state index contributed by atoms with van der Waals surface area (Å²) in [5, 5.41) is 0. The van der Waals surface area contributed by atoms with Crippen LogP contribution in [0.2, 0.25) is 0 Å². The molecule has 0 aromatic carbocycles. The second-order valence-electron chi connectivity index (χ2n) is 6.38. The molecule has 1 rings (SSSR count). The first kappa shape index (κ1) is 17.5. The normalized spacial score (nSPS) is 14.4. The van der Waals surface area contributed by atoms with Crippen LogP contribution in [0.3, 0.4) is 0 Å². The van der Waals surface area contributed by atoms with E-state index in [-0.39, 0.29) is 5.97 Å². The van der Waals surface area contributed by atoms with E-state index in [2.05, 4.69) is 0 Å². The molecule has 1 aliphatic carbocycles. The Labute approximate surface area is 125 Å². The largest absolute Gasteiger partial charge is 0.466 e. The Balaban J connectivity index is 1.66. The van der Waals surface area contributed by atoms with Crippen molar-refractivity contribution in [3.05, 3.63) is 0 Å². The fraction of sp³-hybridized carbons (Fsp3) is 0.944. The van der Waals surface area contributed by atoms with Crippen LogP contribution < -0.4 is 0 Å². The van der Waals surface area contributed by atoms with E-state index >= 15 is 0 Å². The summed E-state index contributed by atoms with van der Waals surface area (Å²) in [4.78, 5) is 11.1. The fourth-order valence-electron chi connectivity index (χ4n) is 2.64. The number of unbranched alkanes of at least 4 members (excludes halogenated alkanes) is 8. The summed E-state index contributed by atoms with van der Waals surface area (Å²) in [7, 11) is 0. The average Bonchev–Trinajstić information content (AvgIpc) is 3.24. The lowest BCUT2D eigenvalue weighted by Gasteiger charge is -2.04. The molecule has 0 aliphatic heterocycles. The maximum absolute atomic E-state index is 11.1. The zero-order valence-electron chi connectivity index (χ0n) is 13.5. The molecule has 0 aromatic rings. The molecule has 0 spiro atoms. The maximum Gasteiger partial charge on any atom is 0.305 e. The Hall–Kier alpha value is -0.530. The maximum atomic E-state index is 11.1. The number of hydrogen-bond acceptors (Lipinski definition) is 2. The molecule has 0 amide bonds. The van der Waals surface area contributed by atoms with Crippen molar-refractivity contribution in [1.82, 2.24) is 0 Å². The van der Waals surface area contributed by atoms with Crippen LogP contribution in [0.5, 0.6) is 0 Å². The SMILES string of the molecule is CCCC(=O)OCCCCCCCCCCCC1CC1. The van der Waals surface area contributed by atoms with E-state index in [1.165, 1.54) is 70.6 Å². The van der Waals surface area contributed by atoms with Gasteiger partial charge in [0.2, 0.25) is 0 Å². The van der Waals surface area contributed by atoms with E-state index in [0.29, 0.717) is 13.0 Å². The van der Waals surface area contributed by atoms with Crippen molar-refractivity contribution in [1.29, 1.82) is 0 Å². The Morgan fingerprint density at radius 2 is 1.45 bits per heavy atom. The summed E-state index contributed by atoms with van der Waals surface area (Å²) in [6.07, 6.45) is 18.0. The van der Waals surface area contributed by atoms with Crippen LogP contribution in [0, 0.1) is 5.92 Å². The first-order valence-electron chi connectivity index (χ1n) is 8.98. The van der Waals surface area contributed by atoms with Gasteiger partial charge in [0.05, 0.1) is 6.61 Å². The van der Waals surface area contributed by atoms with Gasteiger partial charge in [-0.15, -0.1) is 0 Å². The lowest BCUT2D eigenvalue weighted by molar-refractivity contribution is -0.143. The summed E-state index contributed by atoms with van der Waals surface area (Å²) < 4.78 is 5.14. The second kappa shape index (κ2) is 12.2. The molecule has 1 saturated carbocycles. The van der Waals surface area contributed by atoms with Crippen molar-refractivity contribution >= 4 is 5.97 Å². The number of esters is 1. The second-order valence-corrected chi connectivity index (χ2v) is 6.38. The average molecular weight is 282 g/mol. The van der Waals surface area contributed by atoms with Crippen molar-refractivity contribution in [2.45, 2.75) is 96.8 Å². The smallest absolute Gasteiger partial charge is 0.305 e. The van der Waals surface area contributed by atoms with Gasteiger partial charge < -0.3 is 4.74 Å². The molecule has 0 bridgehead atoms. The Morgan fingerprint density at radius 1 is 0.900 bits per heavy atom. The van der Waals surface area contributed by atoms with E-state index < -0.39 is 0 Å². The highest BCUT2D eigenvalue weighted by Crippen LogP contribution is 2.34.